The van der Waals surface area contributed by atoms with Crippen LogP contribution in [-0.2, 0) is 16.6 Å². The van der Waals surface area contributed by atoms with Crippen molar-refractivity contribution in [1.29, 1.82) is 0 Å². The van der Waals surface area contributed by atoms with Gasteiger partial charge in [-0.05, 0) is 50.4 Å². The van der Waals surface area contributed by atoms with Gasteiger partial charge in [0.15, 0.2) is 23.4 Å². The highest BCUT2D eigenvalue weighted by molar-refractivity contribution is 5.89. The van der Waals surface area contributed by atoms with Gasteiger partial charge in [0.05, 0.1) is 12.5 Å². The molecule has 1 saturated heterocycles. The van der Waals surface area contributed by atoms with Gasteiger partial charge in [-0.25, -0.2) is 0 Å². The molecule has 2 bridgehead atoms. The number of carbonyl (C=O) groups is 1. The Morgan fingerprint density at radius 2 is 2.50 bits per heavy atom. The molecule has 2 aliphatic carbocycles. The summed E-state index contributed by atoms with van der Waals surface area (Å²) >= 11 is 0. The van der Waals surface area contributed by atoms with Crippen molar-refractivity contribution in [1.82, 2.24) is 4.90 Å². The average molecular weight is 308 g/mol. The summed E-state index contributed by atoms with van der Waals surface area (Å²) in [5, 5.41) is 0. The molecule has 0 radical (unpaired) electrons. The highest BCUT2D eigenvalue weighted by Crippen LogP contribution is 2.62. The first-order valence-corrected chi connectivity index (χ1v) is 7.36. The van der Waals surface area contributed by atoms with E-state index in [0.717, 1.165) is 0 Å². The summed E-state index contributed by atoms with van der Waals surface area (Å²) in [7, 11) is -1.27. The largest absolute Gasteiger partial charge is 0.493 e. The van der Waals surface area contributed by atoms with Crippen molar-refractivity contribution in [3.8, 4) is 11.5 Å². The fourth-order valence-corrected chi connectivity index (χ4v) is 4.42. The predicted molar refractivity (Wildman–Crippen MR) is 81.6 cm³/mol. The lowest BCUT2D eigenvalue weighted by atomic mass is 9.52. The van der Waals surface area contributed by atoms with E-state index in [1.165, 1.54) is 17.0 Å². The summed E-state index contributed by atoms with van der Waals surface area (Å²) in [5.41, 5.74) is -1.28. The maximum Gasteiger partial charge on any atom is 0.174 e. The van der Waals surface area contributed by atoms with Crippen molar-refractivity contribution < 1.29 is 26.6 Å². The van der Waals surface area contributed by atoms with Gasteiger partial charge in [-0.2, -0.15) is 0 Å². The molecule has 22 heavy (non-hydrogen) atoms. The molecule has 1 saturated carbocycles. The van der Waals surface area contributed by atoms with Crippen LogP contribution in [-0.4, -0.2) is 43.4 Å². The molecule has 1 aromatic carbocycles. The molecule has 1 unspecified atom stereocenters. The zero-order valence-electron chi connectivity index (χ0n) is 21.0. The summed E-state index contributed by atoms with van der Waals surface area (Å²) in [4.78, 5) is 14.7. The van der Waals surface area contributed by atoms with E-state index in [9.17, 15) is 6.17 Å². The van der Waals surface area contributed by atoms with Crippen LogP contribution in [0.15, 0.2) is 12.1 Å². The SMILES string of the molecule is [2H]C([2H])([2H])Oc1ccc2c3c1OC1([2H])C(=O)C([2H])([2H])C[C@@H]4[C@@]31CCN(C)[C@]4([2H])C2([2H])[2H]. The summed E-state index contributed by atoms with van der Waals surface area (Å²) < 4.78 is 85.9. The zero-order chi connectivity index (χ0) is 23.0. The summed E-state index contributed by atoms with van der Waals surface area (Å²) in [5.74, 6) is -2.66. The maximum absolute atomic E-state index is 13.2. The molecular formula is C18H21NO3. The first kappa shape index (κ1) is 6.91. The van der Waals surface area contributed by atoms with E-state index in [-0.39, 0.29) is 35.6 Å². The number of likely N-dealkylation sites (N-methyl/N-ethyl adjacent to an activating group) is 1. The topological polar surface area (TPSA) is 38.8 Å². The van der Waals surface area contributed by atoms with Gasteiger partial charge in [-0.3, -0.25) is 4.79 Å². The van der Waals surface area contributed by atoms with Crippen LogP contribution >= 0.6 is 0 Å². The zero-order valence-corrected chi connectivity index (χ0v) is 12.0. The van der Waals surface area contributed by atoms with Crippen molar-refractivity contribution in [3.05, 3.63) is 23.3 Å². The second kappa shape index (κ2) is 4.05. The van der Waals surface area contributed by atoms with E-state index in [4.69, 9.17) is 20.4 Å². The normalized spacial score (nSPS) is 56.3. The Hall–Kier alpha value is -1.55. The number of ether oxygens (including phenoxy) is 2. The van der Waals surface area contributed by atoms with E-state index in [0.29, 0.717) is 0 Å². The molecule has 2 heterocycles. The Labute approximate surface area is 143 Å². The van der Waals surface area contributed by atoms with Gasteiger partial charge in [0.25, 0.3) is 0 Å². The molecule has 2 fully saturated rings. The highest BCUT2D eigenvalue weighted by atomic mass is 16.5. The molecular weight excluding hydrogens is 278 g/mol. The third-order valence-electron chi connectivity index (χ3n) is 5.40. The van der Waals surface area contributed by atoms with Crippen molar-refractivity contribution in [2.24, 2.45) is 5.92 Å². The Bertz CT molecular complexity index is 1030. The second-order valence-electron chi connectivity index (χ2n) is 6.26. The third-order valence-corrected chi connectivity index (χ3v) is 5.40. The quantitative estimate of drug-likeness (QED) is 0.795. The number of piperidine rings is 1. The number of benzene rings is 1. The number of ketones is 1. The molecule has 116 valence electrons. The lowest BCUT2D eigenvalue weighted by molar-refractivity contribution is -0.138. The van der Waals surface area contributed by atoms with Crippen molar-refractivity contribution >= 4 is 5.78 Å². The van der Waals surface area contributed by atoms with Crippen molar-refractivity contribution in [3.63, 3.8) is 0 Å². The molecule has 0 N–H and O–H groups in total. The van der Waals surface area contributed by atoms with Crippen LogP contribution in [0.25, 0.3) is 0 Å². The lowest BCUT2D eigenvalue weighted by Crippen LogP contribution is -2.65. The summed E-state index contributed by atoms with van der Waals surface area (Å²) in [6.07, 6.45) is -7.57. The van der Waals surface area contributed by atoms with Crippen LogP contribution in [0, 0.1) is 5.92 Å². The molecule has 1 spiro atoms. The molecule has 4 atom stereocenters. The van der Waals surface area contributed by atoms with Crippen LogP contribution < -0.4 is 9.47 Å². The number of hydrogen-bond acceptors (Lipinski definition) is 4. The van der Waals surface area contributed by atoms with Crippen molar-refractivity contribution in [2.75, 3.05) is 20.6 Å². The maximum atomic E-state index is 13.2. The predicted octanol–water partition coefficient (Wildman–Crippen LogP) is 1.93. The standard InChI is InChI=1S/C18H21NO3/c1-19-8-7-18-11-4-5-13(20)17(18)22-16-14(21-2)6-3-10(15(16)18)9-12(11)19/h3,6,11-12,17H,4-5,7-9H2,1-2H3/t11-,12+,17?,18-/m0/s1/i2D3,5D2,9D2,12D,17D. The van der Waals surface area contributed by atoms with Crippen LogP contribution in [0.1, 0.15) is 42.7 Å². The van der Waals surface area contributed by atoms with Crippen LogP contribution in [0.2, 0.25) is 0 Å². The van der Waals surface area contributed by atoms with Crippen molar-refractivity contribution in [2.45, 2.75) is 43.1 Å². The fraction of sp³-hybridized carbons (Fsp3) is 0.611. The number of rotatable bonds is 1. The van der Waals surface area contributed by atoms with Gasteiger partial charge in [-0.15, -0.1) is 0 Å². The van der Waals surface area contributed by atoms with Gasteiger partial charge in [0, 0.05) is 30.2 Å². The van der Waals surface area contributed by atoms with E-state index in [1.807, 2.05) is 0 Å². The van der Waals surface area contributed by atoms with E-state index < -0.39 is 55.4 Å². The number of carbonyl (C=O) groups excluding carboxylic acids is 1. The van der Waals surface area contributed by atoms with Gasteiger partial charge in [0.2, 0.25) is 0 Å². The monoisotopic (exact) mass is 308 g/mol. The molecule has 4 heteroatoms. The van der Waals surface area contributed by atoms with Gasteiger partial charge in [-0.1, -0.05) is 6.07 Å². The van der Waals surface area contributed by atoms with Crippen LogP contribution in [0.5, 0.6) is 11.5 Å². The molecule has 2 aliphatic heterocycles. The number of hydrogen-bond donors (Lipinski definition) is 0. The summed E-state index contributed by atoms with van der Waals surface area (Å²) in [6, 6.07) is 0.591. The number of Topliss-reactive ketones (excluding diaryl/α,β-unsaturated/α-hetero) is 1. The first-order chi connectivity index (χ1) is 14.0. The number of methoxy groups -OCH3 is 1. The Morgan fingerprint density at radius 3 is 3.36 bits per heavy atom. The molecule has 4 nitrogen and oxygen atoms in total. The van der Waals surface area contributed by atoms with E-state index in [2.05, 4.69) is 0 Å². The average Bonchev–Trinajstić information content (AvgIpc) is 2.90. The second-order valence-corrected chi connectivity index (χ2v) is 6.26. The smallest absolute Gasteiger partial charge is 0.174 e. The Morgan fingerprint density at radius 1 is 1.59 bits per heavy atom. The Balaban J connectivity index is 1.90. The molecule has 0 aromatic heterocycles. The Kier molecular flexibility index (Phi) is 1.27. The molecule has 5 rings (SSSR count). The minimum atomic E-state index is -2.85. The number of nitrogens with zero attached hydrogens (tertiary/aromatic N) is 1. The summed E-state index contributed by atoms with van der Waals surface area (Å²) in [6.45, 7) is 0.184. The van der Waals surface area contributed by atoms with Gasteiger partial charge in [0.1, 0.15) is 0 Å². The molecule has 4 aliphatic rings. The number of likely N-dealkylation sites (tertiary alicyclic amines) is 1. The minimum Gasteiger partial charge on any atom is -0.493 e. The van der Waals surface area contributed by atoms with Gasteiger partial charge >= 0.3 is 0 Å². The molecule has 0 amide bonds. The lowest BCUT2D eigenvalue weighted by Gasteiger charge is -2.57. The molecule has 1 aromatic rings. The highest BCUT2D eigenvalue weighted by Gasteiger charge is 2.65. The minimum absolute atomic E-state index is 0.0441. The van der Waals surface area contributed by atoms with Crippen LogP contribution in [0.3, 0.4) is 0 Å². The van der Waals surface area contributed by atoms with E-state index in [1.54, 1.807) is 7.05 Å². The van der Waals surface area contributed by atoms with E-state index >= 15 is 0 Å². The third kappa shape index (κ3) is 1.27. The fourth-order valence-electron chi connectivity index (χ4n) is 4.42. The van der Waals surface area contributed by atoms with Crippen LogP contribution in [0.4, 0.5) is 0 Å². The van der Waals surface area contributed by atoms with Gasteiger partial charge < -0.3 is 14.4 Å². The first-order valence-electron chi connectivity index (χ1n) is 11.9.